The van der Waals surface area contributed by atoms with Gasteiger partial charge in [0.05, 0.1) is 37.3 Å². The number of rotatable bonds is 6. The van der Waals surface area contributed by atoms with Crippen molar-refractivity contribution < 1.29 is 23.4 Å². The van der Waals surface area contributed by atoms with Crippen LogP contribution in [0.4, 0.5) is 0 Å². The molecule has 0 aliphatic carbocycles. The highest BCUT2D eigenvalue weighted by molar-refractivity contribution is 5.87. The van der Waals surface area contributed by atoms with Gasteiger partial charge in [-0.25, -0.2) is 0 Å². The summed E-state index contributed by atoms with van der Waals surface area (Å²) in [6.45, 7) is 4.26. The van der Waals surface area contributed by atoms with Crippen LogP contribution in [0.15, 0.2) is 39.5 Å². The molecule has 1 aliphatic rings. The molecule has 4 rings (SSSR count). The third-order valence-corrected chi connectivity index (χ3v) is 5.36. The number of aryl methyl sites for hydroxylation is 1. The fourth-order valence-electron chi connectivity index (χ4n) is 3.81. The van der Waals surface area contributed by atoms with Crippen LogP contribution in [0.5, 0.6) is 17.2 Å². The number of nitrogens with zero attached hydrogens (tertiary/aromatic N) is 1. The van der Waals surface area contributed by atoms with Crippen molar-refractivity contribution in [3.05, 3.63) is 51.9 Å². The van der Waals surface area contributed by atoms with Crippen LogP contribution < -0.4 is 19.6 Å². The molecule has 0 amide bonds. The molecule has 3 aromatic rings. The standard InChI is InChI=1S/C23H25NO6/c1-14-21(15-5-7-19(27-3)20(11-15)28-4)22(25)16-6-8-18-17(23(16)30-14)12-24(13-29-18)9-10-26-2/h5-8,11H,9-10,12-13H2,1-4H3. The van der Waals surface area contributed by atoms with Crippen molar-refractivity contribution in [1.82, 2.24) is 4.90 Å². The molecular formula is C23H25NO6. The molecule has 2 heterocycles. The van der Waals surface area contributed by atoms with E-state index in [0.717, 1.165) is 23.4 Å². The minimum absolute atomic E-state index is 0.0854. The first-order chi connectivity index (χ1) is 14.6. The van der Waals surface area contributed by atoms with Gasteiger partial charge < -0.3 is 23.4 Å². The molecule has 0 saturated carbocycles. The second-order valence-electron chi connectivity index (χ2n) is 7.17. The number of methoxy groups -OCH3 is 3. The Hall–Kier alpha value is -3.03. The van der Waals surface area contributed by atoms with E-state index in [1.807, 2.05) is 12.1 Å². The predicted octanol–water partition coefficient (Wildman–Crippen LogP) is 3.58. The summed E-state index contributed by atoms with van der Waals surface area (Å²) in [5.41, 5.74) is 2.60. The predicted molar refractivity (Wildman–Crippen MR) is 114 cm³/mol. The molecule has 0 unspecified atom stereocenters. The average Bonchev–Trinajstić information content (AvgIpc) is 2.77. The lowest BCUT2D eigenvalue weighted by Crippen LogP contribution is -2.34. The lowest BCUT2D eigenvalue weighted by molar-refractivity contribution is 0.0658. The minimum atomic E-state index is -0.0854. The molecule has 7 nitrogen and oxygen atoms in total. The number of benzene rings is 2. The largest absolute Gasteiger partial charge is 0.493 e. The molecule has 0 N–H and O–H groups in total. The van der Waals surface area contributed by atoms with Crippen LogP contribution in [0.1, 0.15) is 11.3 Å². The first-order valence-corrected chi connectivity index (χ1v) is 9.73. The van der Waals surface area contributed by atoms with E-state index in [-0.39, 0.29) is 5.43 Å². The molecule has 30 heavy (non-hydrogen) atoms. The number of hydrogen-bond acceptors (Lipinski definition) is 7. The maximum Gasteiger partial charge on any atom is 0.200 e. The Bertz CT molecular complexity index is 1140. The Balaban J connectivity index is 1.83. The van der Waals surface area contributed by atoms with Crippen LogP contribution in [0.3, 0.4) is 0 Å². The average molecular weight is 411 g/mol. The van der Waals surface area contributed by atoms with Gasteiger partial charge in [-0.05, 0) is 36.8 Å². The highest BCUT2D eigenvalue weighted by Gasteiger charge is 2.24. The van der Waals surface area contributed by atoms with E-state index in [0.29, 0.717) is 53.7 Å². The minimum Gasteiger partial charge on any atom is -0.493 e. The van der Waals surface area contributed by atoms with E-state index in [4.69, 9.17) is 23.4 Å². The van der Waals surface area contributed by atoms with Gasteiger partial charge in [-0.2, -0.15) is 0 Å². The molecule has 2 aromatic carbocycles. The molecule has 0 spiro atoms. The van der Waals surface area contributed by atoms with Gasteiger partial charge in [0, 0.05) is 20.2 Å². The normalized spacial score (nSPS) is 13.7. The highest BCUT2D eigenvalue weighted by Crippen LogP contribution is 2.36. The van der Waals surface area contributed by atoms with Crippen molar-refractivity contribution in [1.29, 1.82) is 0 Å². The van der Waals surface area contributed by atoms with Crippen LogP contribution in [0.2, 0.25) is 0 Å². The van der Waals surface area contributed by atoms with Gasteiger partial charge in [-0.1, -0.05) is 6.07 Å². The summed E-state index contributed by atoms with van der Waals surface area (Å²) < 4.78 is 27.9. The molecule has 0 saturated heterocycles. The summed E-state index contributed by atoms with van der Waals surface area (Å²) in [6.07, 6.45) is 0. The van der Waals surface area contributed by atoms with E-state index < -0.39 is 0 Å². The molecule has 0 atom stereocenters. The summed E-state index contributed by atoms with van der Waals surface area (Å²) in [5.74, 6) is 2.45. The van der Waals surface area contributed by atoms with Gasteiger partial charge in [-0.15, -0.1) is 0 Å². The summed E-state index contributed by atoms with van der Waals surface area (Å²) in [4.78, 5) is 15.6. The molecule has 0 radical (unpaired) electrons. The molecule has 0 bridgehead atoms. The summed E-state index contributed by atoms with van der Waals surface area (Å²) in [7, 11) is 4.82. The number of fused-ring (bicyclic) bond motifs is 3. The smallest absolute Gasteiger partial charge is 0.200 e. The molecular weight excluding hydrogens is 386 g/mol. The van der Waals surface area contributed by atoms with Gasteiger partial charge in [0.25, 0.3) is 0 Å². The monoisotopic (exact) mass is 411 g/mol. The van der Waals surface area contributed by atoms with Crippen molar-refractivity contribution in [2.45, 2.75) is 13.5 Å². The van der Waals surface area contributed by atoms with Crippen LogP contribution in [-0.4, -0.2) is 46.1 Å². The number of hydrogen-bond donors (Lipinski definition) is 0. The Morgan fingerprint density at radius 1 is 1.07 bits per heavy atom. The van der Waals surface area contributed by atoms with Gasteiger partial charge in [0.2, 0.25) is 5.43 Å². The first-order valence-electron chi connectivity index (χ1n) is 9.73. The van der Waals surface area contributed by atoms with Gasteiger partial charge in [0.1, 0.15) is 23.8 Å². The first kappa shape index (κ1) is 20.3. The van der Waals surface area contributed by atoms with Crippen LogP contribution in [0.25, 0.3) is 22.1 Å². The topological polar surface area (TPSA) is 70.4 Å². The summed E-state index contributed by atoms with van der Waals surface area (Å²) >= 11 is 0. The van der Waals surface area contributed by atoms with Crippen molar-refractivity contribution in [3.8, 4) is 28.4 Å². The Kier molecular flexibility index (Phi) is 5.65. The van der Waals surface area contributed by atoms with Gasteiger partial charge in [-0.3, -0.25) is 9.69 Å². The van der Waals surface area contributed by atoms with E-state index in [1.54, 1.807) is 46.5 Å². The SMILES string of the molecule is COCCN1COc2ccc3c(=O)c(-c4ccc(OC)c(OC)c4)c(C)oc3c2C1. The molecule has 158 valence electrons. The van der Waals surface area contributed by atoms with Crippen molar-refractivity contribution in [2.24, 2.45) is 0 Å². The lowest BCUT2D eigenvalue weighted by Gasteiger charge is -2.29. The van der Waals surface area contributed by atoms with Crippen LogP contribution in [-0.2, 0) is 11.3 Å². The zero-order valence-corrected chi connectivity index (χ0v) is 17.6. The molecule has 1 aromatic heterocycles. The highest BCUT2D eigenvalue weighted by atomic mass is 16.5. The van der Waals surface area contributed by atoms with Crippen molar-refractivity contribution in [2.75, 3.05) is 41.2 Å². The van der Waals surface area contributed by atoms with E-state index in [1.165, 1.54) is 0 Å². The Labute approximate surface area is 174 Å². The van der Waals surface area contributed by atoms with Gasteiger partial charge >= 0.3 is 0 Å². The zero-order valence-electron chi connectivity index (χ0n) is 17.6. The molecule has 7 heteroatoms. The van der Waals surface area contributed by atoms with Crippen molar-refractivity contribution in [3.63, 3.8) is 0 Å². The molecule has 0 fully saturated rings. The summed E-state index contributed by atoms with van der Waals surface area (Å²) in [6, 6.07) is 9.02. The van der Waals surface area contributed by atoms with E-state index in [2.05, 4.69) is 4.90 Å². The van der Waals surface area contributed by atoms with E-state index in [9.17, 15) is 4.79 Å². The number of ether oxygens (including phenoxy) is 4. The maximum atomic E-state index is 13.4. The van der Waals surface area contributed by atoms with Gasteiger partial charge in [0.15, 0.2) is 11.5 Å². The Morgan fingerprint density at radius 2 is 1.87 bits per heavy atom. The second kappa shape index (κ2) is 8.38. The van der Waals surface area contributed by atoms with Crippen LogP contribution in [0, 0.1) is 6.92 Å². The van der Waals surface area contributed by atoms with Crippen LogP contribution >= 0.6 is 0 Å². The quantitative estimate of drug-likeness (QED) is 0.614. The Morgan fingerprint density at radius 3 is 2.60 bits per heavy atom. The fraction of sp³-hybridized carbons (Fsp3) is 0.348. The third-order valence-electron chi connectivity index (χ3n) is 5.36. The second-order valence-corrected chi connectivity index (χ2v) is 7.17. The zero-order chi connectivity index (χ0) is 21.3. The molecule has 1 aliphatic heterocycles. The third kappa shape index (κ3) is 3.51. The maximum absolute atomic E-state index is 13.4. The van der Waals surface area contributed by atoms with Crippen molar-refractivity contribution >= 4 is 11.0 Å². The van der Waals surface area contributed by atoms with E-state index >= 15 is 0 Å². The lowest BCUT2D eigenvalue weighted by atomic mass is 10.00. The summed E-state index contributed by atoms with van der Waals surface area (Å²) in [5, 5.41) is 0.529. The fourth-order valence-corrected chi connectivity index (χ4v) is 3.81.